The van der Waals surface area contributed by atoms with Crippen LogP contribution in [0.25, 0.3) is 10.9 Å². The van der Waals surface area contributed by atoms with E-state index in [1.54, 1.807) is 7.05 Å². The van der Waals surface area contributed by atoms with Crippen molar-refractivity contribution in [3.63, 3.8) is 0 Å². The Bertz CT molecular complexity index is 1380. The molecule has 0 aliphatic carbocycles. The van der Waals surface area contributed by atoms with Gasteiger partial charge in [-0.1, -0.05) is 17.7 Å². The van der Waals surface area contributed by atoms with Gasteiger partial charge in [0.25, 0.3) is 17.4 Å². The molecule has 0 fully saturated rings. The van der Waals surface area contributed by atoms with E-state index in [0.29, 0.717) is 25.1 Å². The summed E-state index contributed by atoms with van der Waals surface area (Å²) in [6.45, 7) is 1.64. The number of hydrogen-bond donors (Lipinski definition) is 2. The monoisotopic (exact) mass is 504 g/mol. The number of likely N-dealkylation sites (N-methyl/N-ethyl adjacent to an activating group) is 1. The second-order valence-corrected chi connectivity index (χ2v) is 9.18. The first-order valence-electron chi connectivity index (χ1n) is 11.1. The number of aromatic nitrogens is 3. The molecule has 3 heterocycles. The van der Waals surface area contributed by atoms with Crippen molar-refractivity contribution in [1.29, 1.82) is 0 Å². The SMILES string of the molecule is CN(C)CCCNC(=O)c1nn(Cc2ccc(F)c(Cl)c2)c(=O)c2c(O)c3n(c12)CCN(C)C3=O. The van der Waals surface area contributed by atoms with Crippen molar-refractivity contribution in [2.24, 2.45) is 0 Å². The average Bonchev–Trinajstić information content (AvgIpc) is 3.11. The number of carbonyl (C=O) groups excluding carboxylic acids is 2. The molecule has 1 aliphatic heterocycles. The van der Waals surface area contributed by atoms with Crippen LogP contribution in [0.2, 0.25) is 5.02 Å². The maximum absolute atomic E-state index is 13.6. The van der Waals surface area contributed by atoms with Crippen LogP contribution in [-0.2, 0) is 13.1 Å². The van der Waals surface area contributed by atoms with Crippen molar-refractivity contribution in [1.82, 2.24) is 29.5 Å². The molecule has 0 saturated heterocycles. The summed E-state index contributed by atoms with van der Waals surface area (Å²) in [5.41, 5.74) is -0.239. The molecule has 35 heavy (non-hydrogen) atoms. The summed E-state index contributed by atoms with van der Waals surface area (Å²) in [5.74, 6) is -2.09. The van der Waals surface area contributed by atoms with Gasteiger partial charge in [-0.05, 0) is 44.8 Å². The number of rotatable bonds is 7. The normalized spacial score (nSPS) is 13.5. The maximum Gasteiger partial charge on any atom is 0.280 e. The molecule has 2 aromatic heterocycles. The molecular formula is C23H26ClFN6O4. The first kappa shape index (κ1) is 24.7. The predicted molar refractivity (Wildman–Crippen MR) is 129 cm³/mol. The maximum atomic E-state index is 13.6. The highest BCUT2D eigenvalue weighted by molar-refractivity contribution is 6.30. The van der Waals surface area contributed by atoms with Crippen LogP contribution in [0, 0.1) is 5.82 Å². The third kappa shape index (κ3) is 4.61. The van der Waals surface area contributed by atoms with Gasteiger partial charge in [0.1, 0.15) is 11.2 Å². The van der Waals surface area contributed by atoms with Gasteiger partial charge in [-0.15, -0.1) is 0 Å². The summed E-state index contributed by atoms with van der Waals surface area (Å²) in [6.07, 6.45) is 0.691. The second kappa shape index (κ2) is 9.67. The number of aromatic hydroxyl groups is 1. The van der Waals surface area contributed by atoms with Crippen LogP contribution in [-0.4, -0.2) is 81.8 Å². The minimum Gasteiger partial charge on any atom is -0.505 e. The fraction of sp³-hybridized carbons (Fsp3) is 0.391. The Morgan fingerprint density at radius 2 is 2.03 bits per heavy atom. The first-order chi connectivity index (χ1) is 16.6. The Labute approximate surface area is 205 Å². The van der Waals surface area contributed by atoms with Gasteiger partial charge in [0.05, 0.1) is 17.1 Å². The molecule has 186 valence electrons. The van der Waals surface area contributed by atoms with E-state index in [2.05, 4.69) is 10.4 Å². The summed E-state index contributed by atoms with van der Waals surface area (Å²) in [6, 6.07) is 3.98. The molecule has 2 N–H and O–H groups in total. The Kier molecular flexibility index (Phi) is 6.82. The van der Waals surface area contributed by atoms with Crippen LogP contribution in [0.4, 0.5) is 4.39 Å². The Morgan fingerprint density at radius 1 is 1.29 bits per heavy atom. The quantitative estimate of drug-likeness (QED) is 0.472. The van der Waals surface area contributed by atoms with Crippen LogP contribution in [0.5, 0.6) is 5.75 Å². The number of fused-ring (bicyclic) bond motifs is 3. The largest absolute Gasteiger partial charge is 0.505 e. The standard InChI is InChI=1S/C23H26ClFN6O4/c1-28(2)8-4-7-26-21(33)17-18-16(20(32)19-23(35)29(3)9-10-30(18)19)22(34)31(27-17)12-13-5-6-15(25)14(24)11-13/h5-6,11,32H,4,7-10,12H2,1-3H3,(H,26,33). The molecule has 2 amide bonds. The van der Waals surface area contributed by atoms with Crippen molar-refractivity contribution in [3.05, 3.63) is 56.3 Å². The van der Waals surface area contributed by atoms with Gasteiger partial charge in [-0.2, -0.15) is 5.10 Å². The van der Waals surface area contributed by atoms with Crippen molar-refractivity contribution in [2.75, 3.05) is 40.8 Å². The number of hydrogen-bond acceptors (Lipinski definition) is 6. The summed E-state index contributed by atoms with van der Waals surface area (Å²) in [7, 11) is 5.44. The van der Waals surface area contributed by atoms with Gasteiger partial charge in [0.2, 0.25) is 0 Å². The number of benzene rings is 1. The van der Waals surface area contributed by atoms with E-state index in [1.165, 1.54) is 27.7 Å². The number of halogens is 2. The molecule has 10 nitrogen and oxygen atoms in total. The summed E-state index contributed by atoms with van der Waals surface area (Å²) < 4.78 is 16.1. The van der Waals surface area contributed by atoms with Crippen molar-refractivity contribution < 1.29 is 19.1 Å². The minimum atomic E-state index is -0.681. The van der Waals surface area contributed by atoms with Crippen molar-refractivity contribution in [2.45, 2.75) is 19.5 Å². The van der Waals surface area contributed by atoms with Gasteiger partial charge < -0.3 is 24.8 Å². The summed E-state index contributed by atoms with van der Waals surface area (Å²) in [4.78, 5) is 42.8. The fourth-order valence-corrected chi connectivity index (χ4v) is 4.32. The Morgan fingerprint density at radius 3 is 2.71 bits per heavy atom. The molecule has 0 bridgehead atoms. The number of carbonyl (C=O) groups is 2. The predicted octanol–water partition coefficient (Wildman–Crippen LogP) is 1.51. The highest BCUT2D eigenvalue weighted by atomic mass is 35.5. The molecule has 0 radical (unpaired) electrons. The van der Waals surface area contributed by atoms with Gasteiger partial charge in [-0.25, -0.2) is 9.07 Å². The molecule has 1 aromatic carbocycles. The minimum absolute atomic E-state index is 0.0584. The van der Waals surface area contributed by atoms with Gasteiger partial charge in [-0.3, -0.25) is 14.4 Å². The van der Waals surface area contributed by atoms with Gasteiger partial charge in [0, 0.05) is 26.7 Å². The lowest BCUT2D eigenvalue weighted by Crippen LogP contribution is -2.37. The van der Waals surface area contributed by atoms with Crippen LogP contribution < -0.4 is 10.9 Å². The number of amides is 2. The Balaban J connectivity index is 1.85. The van der Waals surface area contributed by atoms with Gasteiger partial charge in [0.15, 0.2) is 17.1 Å². The van der Waals surface area contributed by atoms with E-state index in [0.717, 1.165) is 11.2 Å². The van der Waals surface area contributed by atoms with E-state index < -0.39 is 28.9 Å². The molecule has 0 saturated carbocycles. The van der Waals surface area contributed by atoms with Crippen molar-refractivity contribution in [3.8, 4) is 5.75 Å². The number of nitrogens with zero attached hydrogens (tertiary/aromatic N) is 5. The van der Waals surface area contributed by atoms with Crippen LogP contribution in [0.3, 0.4) is 0 Å². The average molecular weight is 505 g/mol. The smallest absolute Gasteiger partial charge is 0.280 e. The lowest BCUT2D eigenvalue weighted by atomic mass is 10.2. The van der Waals surface area contributed by atoms with E-state index in [4.69, 9.17) is 11.6 Å². The summed E-state index contributed by atoms with van der Waals surface area (Å²) >= 11 is 5.88. The molecular weight excluding hydrogens is 479 g/mol. The third-order valence-corrected chi connectivity index (χ3v) is 6.23. The lowest BCUT2D eigenvalue weighted by molar-refractivity contribution is 0.0746. The lowest BCUT2D eigenvalue weighted by Gasteiger charge is -2.25. The third-order valence-electron chi connectivity index (χ3n) is 5.94. The Hall–Kier alpha value is -3.44. The summed E-state index contributed by atoms with van der Waals surface area (Å²) in [5, 5.41) is 17.8. The second-order valence-electron chi connectivity index (χ2n) is 8.77. The molecule has 3 aromatic rings. The number of nitrogens with one attached hydrogen (secondary N) is 1. The van der Waals surface area contributed by atoms with E-state index in [9.17, 15) is 23.9 Å². The van der Waals surface area contributed by atoms with Crippen LogP contribution >= 0.6 is 11.6 Å². The molecule has 0 spiro atoms. The van der Waals surface area contributed by atoms with Gasteiger partial charge >= 0.3 is 0 Å². The topological polar surface area (TPSA) is 113 Å². The molecule has 4 rings (SSSR count). The molecule has 0 unspecified atom stereocenters. The highest BCUT2D eigenvalue weighted by Gasteiger charge is 2.34. The van der Waals surface area contributed by atoms with E-state index in [-0.39, 0.29) is 40.4 Å². The first-order valence-corrected chi connectivity index (χ1v) is 11.5. The fourth-order valence-electron chi connectivity index (χ4n) is 4.12. The molecule has 0 atom stereocenters. The molecule has 1 aliphatic rings. The van der Waals surface area contributed by atoms with E-state index >= 15 is 0 Å². The molecule has 12 heteroatoms. The van der Waals surface area contributed by atoms with Crippen LogP contribution in [0.15, 0.2) is 23.0 Å². The van der Waals surface area contributed by atoms with Crippen molar-refractivity contribution >= 4 is 34.3 Å². The zero-order valence-corrected chi connectivity index (χ0v) is 20.4. The zero-order valence-electron chi connectivity index (χ0n) is 19.6. The highest BCUT2D eigenvalue weighted by Crippen LogP contribution is 2.34. The zero-order chi connectivity index (χ0) is 25.4. The van der Waals surface area contributed by atoms with Crippen LogP contribution in [0.1, 0.15) is 33.0 Å². The van der Waals surface area contributed by atoms with E-state index in [1.807, 2.05) is 19.0 Å².